The summed E-state index contributed by atoms with van der Waals surface area (Å²) in [7, 11) is 0.995. The highest BCUT2D eigenvalue weighted by molar-refractivity contribution is 6.20. The first-order valence-corrected chi connectivity index (χ1v) is 12.7. The van der Waals surface area contributed by atoms with Gasteiger partial charge in [-0.3, -0.25) is 4.79 Å². The highest BCUT2D eigenvalue weighted by Crippen LogP contribution is 2.56. The van der Waals surface area contributed by atoms with E-state index in [0.717, 1.165) is 19.2 Å². The maximum absolute atomic E-state index is 13.7. The summed E-state index contributed by atoms with van der Waals surface area (Å²) >= 11 is 0. The van der Waals surface area contributed by atoms with E-state index >= 15 is 0 Å². The Balaban J connectivity index is 1.58. The Kier molecular flexibility index (Phi) is 5.85. The fourth-order valence-corrected chi connectivity index (χ4v) is 6.15. The molecule has 6 rings (SSSR count). The minimum atomic E-state index is -1.55. The highest BCUT2D eigenvalue weighted by Gasteiger charge is 2.41. The second kappa shape index (κ2) is 9.13. The Morgan fingerprint density at radius 1 is 0.714 bits per heavy atom. The van der Waals surface area contributed by atoms with Crippen molar-refractivity contribution in [1.29, 1.82) is 0 Å². The average Bonchev–Trinajstić information content (AvgIpc) is 2.93. The third-order valence-electron chi connectivity index (χ3n) is 7.93. The summed E-state index contributed by atoms with van der Waals surface area (Å²) < 4.78 is 4.62. The molecule has 214 valence electrons. The molecule has 42 heavy (non-hydrogen) atoms. The number of aromatic hydroxyl groups is 6. The fourth-order valence-electron chi connectivity index (χ4n) is 6.15. The van der Waals surface area contributed by atoms with E-state index in [-0.39, 0.29) is 51.1 Å². The quantitative estimate of drug-likeness (QED) is 0.0894. The highest BCUT2D eigenvalue weighted by atomic mass is 16.5. The molecule has 0 saturated carbocycles. The SMILES string of the molecule is COC(=O)c1c(O)ccc(O)c1C(=O)c1c(O)cc2c(c1O)-c1cc(c3c(c1O)C(O)c1c(O)cc(C)cc1[C@@H]3O)C2. The minimum Gasteiger partial charge on any atom is -0.508 e. The normalized spacial score (nSPS) is 16.3. The second-order valence-corrected chi connectivity index (χ2v) is 10.4. The fraction of sp³-hybridized carbons (Fsp3) is 0.161. The predicted octanol–water partition coefficient (Wildman–Crippen LogP) is 3.29. The monoisotopic (exact) mass is 572 g/mol. The van der Waals surface area contributed by atoms with Crippen LogP contribution in [-0.2, 0) is 11.2 Å². The number of aryl methyl sites for hydroxylation is 1. The molecule has 11 nitrogen and oxygen atoms in total. The standard InChI is InChI=1S/C31H24O11/c1-10-5-13-21(17(34)6-10)29(39)25-20(26(13)36)11-7-12-9-18(35)24(28(38)19(12)14(8-11)27(25)37)30(40)22-15(32)3-4-16(33)23(22)31(41)42-2/h3-6,8-9,26,29,32-39H,7H2,1-2H3/t26-,29?/m0/s1. The number of aliphatic hydroxyl groups is 2. The summed E-state index contributed by atoms with van der Waals surface area (Å²) in [6, 6.07) is 7.59. The van der Waals surface area contributed by atoms with Gasteiger partial charge in [0.1, 0.15) is 57.8 Å². The number of carbonyl (C=O) groups excluding carboxylic acids is 2. The van der Waals surface area contributed by atoms with E-state index in [1.54, 1.807) is 13.0 Å². The van der Waals surface area contributed by atoms with Crippen molar-refractivity contribution in [3.05, 3.63) is 92.0 Å². The number of rotatable bonds is 3. The molecule has 4 aromatic carbocycles. The summed E-state index contributed by atoms with van der Waals surface area (Å²) in [6.07, 6.45) is -2.87. The van der Waals surface area contributed by atoms with E-state index in [1.807, 2.05) is 0 Å². The Bertz CT molecular complexity index is 1890. The maximum Gasteiger partial charge on any atom is 0.342 e. The van der Waals surface area contributed by atoms with Crippen LogP contribution in [0.3, 0.4) is 0 Å². The van der Waals surface area contributed by atoms with Crippen LogP contribution in [0.1, 0.15) is 77.4 Å². The topological polar surface area (TPSA) is 205 Å². The number of hydrogen-bond donors (Lipinski definition) is 8. The molecule has 11 heteroatoms. The van der Waals surface area contributed by atoms with Crippen molar-refractivity contribution in [3.63, 3.8) is 0 Å². The largest absolute Gasteiger partial charge is 0.508 e. The molecule has 0 aliphatic heterocycles. The molecule has 2 bridgehead atoms. The number of ketones is 1. The van der Waals surface area contributed by atoms with Gasteiger partial charge in [-0.25, -0.2) is 4.79 Å². The molecule has 4 aromatic rings. The smallest absolute Gasteiger partial charge is 0.342 e. The zero-order chi connectivity index (χ0) is 30.4. The van der Waals surface area contributed by atoms with Gasteiger partial charge in [0.15, 0.2) is 0 Å². The Labute approximate surface area is 237 Å². The van der Waals surface area contributed by atoms with Crippen LogP contribution in [-0.4, -0.2) is 59.7 Å². The molecule has 0 fully saturated rings. The lowest BCUT2D eigenvalue weighted by molar-refractivity contribution is 0.0593. The van der Waals surface area contributed by atoms with Crippen LogP contribution >= 0.6 is 0 Å². The number of phenols is 6. The Hall–Kier alpha value is -5.26. The van der Waals surface area contributed by atoms with Gasteiger partial charge in [0.25, 0.3) is 0 Å². The van der Waals surface area contributed by atoms with Crippen LogP contribution in [0, 0.1) is 6.92 Å². The molecule has 2 aliphatic rings. The number of fused-ring (bicyclic) bond motifs is 7. The predicted molar refractivity (Wildman–Crippen MR) is 145 cm³/mol. The number of hydrogen-bond acceptors (Lipinski definition) is 11. The molecule has 8 N–H and O–H groups in total. The summed E-state index contributed by atoms with van der Waals surface area (Å²) in [6.45, 7) is 1.71. The first kappa shape index (κ1) is 26.9. The van der Waals surface area contributed by atoms with Crippen molar-refractivity contribution in [2.45, 2.75) is 25.6 Å². The van der Waals surface area contributed by atoms with Gasteiger partial charge < -0.3 is 45.6 Å². The van der Waals surface area contributed by atoms with E-state index in [4.69, 9.17) is 0 Å². The number of methoxy groups -OCH3 is 1. The molecule has 2 atom stereocenters. The Morgan fingerprint density at radius 2 is 1.38 bits per heavy atom. The molecule has 0 heterocycles. The molecule has 2 aliphatic carbocycles. The van der Waals surface area contributed by atoms with Gasteiger partial charge in [-0.05, 0) is 71.5 Å². The van der Waals surface area contributed by atoms with Crippen molar-refractivity contribution in [2.75, 3.05) is 7.11 Å². The number of phenolic OH excluding ortho intramolecular Hbond substituents is 6. The first-order valence-electron chi connectivity index (χ1n) is 12.7. The van der Waals surface area contributed by atoms with E-state index in [0.29, 0.717) is 11.1 Å². The van der Waals surface area contributed by atoms with E-state index < -0.39 is 69.4 Å². The third kappa shape index (κ3) is 3.54. The number of esters is 1. The molecule has 0 amide bonds. The lowest BCUT2D eigenvalue weighted by Crippen LogP contribution is -2.22. The molecular formula is C31H24O11. The minimum absolute atomic E-state index is 0.00222. The van der Waals surface area contributed by atoms with E-state index in [1.165, 1.54) is 18.2 Å². The van der Waals surface area contributed by atoms with Gasteiger partial charge in [0, 0.05) is 22.3 Å². The Morgan fingerprint density at radius 3 is 2.05 bits per heavy atom. The summed E-state index contributed by atoms with van der Waals surface area (Å²) in [5, 5.41) is 87.6. The number of aliphatic hydroxyl groups excluding tert-OH is 2. The van der Waals surface area contributed by atoms with Crippen LogP contribution in [0.4, 0.5) is 0 Å². The summed E-state index contributed by atoms with van der Waals surface area (Å²) in [5.74, 6) is -6.16. The maximum atomic E-state index is 13.7. The van der Waals surface area contributed by atoms with Crippen LogP contribution in [0.5, 0.6) is 34.5 Å². The van der Waals surface area contributed by atoms with Gasteiger partial charge in [-0.2, -0.15) is 0 Å². The molecule has 0 saturated heterocycles. The number of ether oxygens (including phenoxy) is 1. The van der Waals surface area contributed by atoms with Crippen molar-refractivity contribution in [2.24, 2.45) is 0 Å². The van der Waals surface area contributed by atoms with Gasteiger partial charge in [-0.1, -0.05) is 6.07 Å². The first-order chi connectivity index (χ1) is 19.9. The van der Waals surface area contributed by atoms with Crippen LogP contribution in [0.15, 0.2) is 36.4 Å². The molecule has 0 aromatic heterocycles. The molecular weight excluding hydrogens is 548 g/mol. The van der Waals surface area contributed by atoms with E-state index in [2.05, 4.69) is 4.74 Å². The van der Waals surface area contributed by atoms with Crippen LogP contribution in [0.2, 0.25) is 0 Å². The van der Waals surface area contributed by atoms with E-state index in [9.17, 15) is 50.4 Å². The average molecular weight is 573 g/mol. The van der Waals surface area contributed by atoms with Crippen molar-refractivity contribution in [3.8, 4) is 45.6 Å². The zero-order valence-corrected chi connectivity index (χ0v) is 22.1. The summed E-state index contributed by atoms with van der Waals surface area (Å²) in [4.78, 5) is 26.0. The van der Waals surface area contributed by atoms with Gasteiger partial charge in [-0.15, -0.1) is 0 Å². The lowest BCUT2D eigenvalue weighted by atomic mass is 9.73. The molecule has 1 unspecified atom stereocenters. The molecule has 0 spiro atoms. The van der Waals surface area contributed by atoms with Crippen molar-refractivity contribution >= 4 is 11.8 Å². The number of benzene rings is 4. The van der Waals surface area contributed by atoms with Crippen LogP contribution < -0.4 is 0 Å². The number of carbonyl (C=O) groups is 2. The van der Waals surface area contributed by atoms with Gasteiger partial charge >= 0.3 is 5.97 Å². The van der Waals surface area contributed by atoms with Gasteiger partial charge in [0.2, 0.25) is 5.78 Å². The van der Waals surface area contributed by atoms with Gasteiger partial charge in [0.05, 0.1) is 12.7 Å². The molecule has 0 radical (unpaired) electrons. The lowest BCUT2D eigenvalue weighted by Gasteiger charge is -2.35. The van der Waals surface area contributed by atoms with Crippen LogP contribution in [0.25, 0.3) is 11.1 Å². The second-order valence-electron chi connectivity index (χ2n) is 10.4. The van der Waals surface area contributed by atoms with Crippen molar-refractivity contribution in [1.82, 2.24) is 0 Å². The van der Waals surface area contributed by atoms with Crippen molar-refractivity contribution < 1.29 is 55.2 Å². The summed E-state index contributed by atoms with van der Waals surface area (Å²) in [5.41, 5.74) is -0.524. The third-order valence-corrected chi connectivity index (χ3v) is 7.93. The zero-order valence-electron chi connectivity index (χ0n) is 22.1.